The maximum Gasteiger partial charge on any atom is 0.303 e. The molecule has 0 atom stereocenters. The smallest absolute Gasteiger partial charge is 0.303 e. The SMILES string of the molecule is CCC(CO)(CO)CO.CCCCCCCCCCCCCCCCCCCC(=O)O. The van der Waals surface area contributed by atoms with Crippen molar-refractivity contribution in [1.82, 2.24) is 0 Å². The van der Waals surface area contributed by atoms with Crippen molar-refractivity contribution in [3.63, 3.8) is 0 Å². The lowest BCUT2D eigenvalue weighted by atomic mass is 9.88. The highest BCUT2D eigenvalue weighted by atomic mass is 16.4. The van der Waals surface area contributed by atoms with Crippen molar-refractivity contribution in [1.29, 1.82) is 0 Å². The molecule has 0 amide bonds. The lowest BCUT2D eigenvalue weighted by Crippen LogP contribution is -2.32. The highest BCUT2D eigenvalue weighted by Gasteiger charge is 2.24. The number of carbonyl (C=O) groups is 1. The van der Waals surface area contributed by atoms with Gasteiger partial charge in [-0.25, -0.2) is 0 Å². The number of aliphatic hydroxyl groups excluding tert-OH is 3. The van der Waals surface area contributed by atoms with E-state index < -0.39 is 11.4 Å². The third-order valence-corrected chi connectivity index (χ3v) is 6.25. The number of hydrogen-bond donors (Lipinski definition) is 4. The van der Waals surface area contributed by atoms with Gasteiger partial charge in [0.25, 0.3) is 0 Å². The number of rotatable bonds is 22. The first-order valence-electron chi connectivity index (χ1n) is 13.1. The van der Waals surface area contributed by atoms with Gasteiger partial charge in [-0.1, -0.05) is 117 Å². The molecule has 188 valence electrons. The molecular formula is C26H54O5. The average molecular weight is 447 g/mol. The molecule has 5 heteroatoms. The van der Waals surface area contributed by atoms with E-state index in [0.717, 1.165) is 12.8 Å². The van der Waals surface area contributed by atoms with Gasteiger partial charge in [0, 0.05) is 11.8 Å². The second-order valence-corrected chi connectivity index (χ2v) is 9.13. The number of hydrogen-bond acceptors (Lipinski definition) is 4. The van der Waals surface area contributed by atoms with Crippen molar-refractivity contribution >= 4 is 5.97 Å². The molecule has 0 unspecified atom stereocenters. The summed E-state index contributed by atoms with van der Waals surface area (Å²) in [5, 5.41) is 34.5. The summed E-state index contributed by atoms with van der Waals surface area (Å²) in [5.41, 5.74) is -0.667. The molecule has 0 bridgehead atoms. The molecule has 0 aromatic heterocycles. The van der Waals surface area contributed by atoms with Crippen molar-refractivity contribution in [2.45, 2.75) is 136 Å². The molecule has 0 rings (SSSR count). The van der Waals surface area contributed by atoms with Crippen molar-refractivity contribution in [2.24, 2.45) is 5.41 Å². The lowest BCUT2D eigenvalue weighted by Gasteiger charge is -2.24. The number of aliphatic carboxylic acids is 1. The highest BCUT2D eigenvalue weighted by Crippen LogP contribution is 2.18. The Morgan fingerprint density at radius 1 is 0.548 bits per heavy atom. The zero-order valence-corrected chi connectivity index (χ0v) is 20.8. The molecular weight excluding hydrogens is 392 g/mol. The fourth-order valence-electron chi connectivity index (χ4n) is 3.49. The van der Waals surface area contributed by atoms with Gasteiger partial charge in [0.05, 0.1) is 19.8 Å². The van der Waals surface area contributed by atoms with Crippen LogP contribution in [0.5, 0.6) is 0 Å². The van der Waals surface area contributed by atoms with E-state index in [1.54, 1.807) is 0 Å². The maximum absolute atomic E-state index is 10.4. The van der Waals surface area contributed by atoms with E-state index in [0.29, 0.717) is 12.8 Å². The van der Waals surface area contributed by atoms with Crippen LogP contribution in [0.25, 0.3) is 0 Å². The second kappa shape index (κ2) is 25.6. The summed E-state index contributed by atoms with van der Waals surface area (Å²) in [6, 6.07) is 0. The maximum atomic E-state index is 10.4. The number of aliphatic hydroxyl groups is 3. The van der Waals surface area contributed by atoms with E-state index in [9.17, 15) is 4.79 Å². The summed E-state index contributed by atoms with van der Waals surface area (Å²) >= 11 is 0. The minimum atomic E-state index is -0.667. The van der Waals surface area contributed by atoms with Crippen LogP contribution in [-0.4, -0.2) is 46.2 Å². The van der Waals surface area contributed by atoms with Crippen LogP contribution >= 0.6 is 0 Å². The zero-order valence-electron chi connectivity index (χ0n) is 20.8. The van der Waals surface area contributed by atoms with Crippen LogP contribution < -0.4 is 0 Å². The van der Waals surface area contributed by atoms with Crippen LogP contribution in [0, 0.1) is 5.41 Å². The molecule has 0 aromatic carbocycles. The van der Waals surface area contributed by atoms with E-state index in [1.807, 2.05) is 6.92 Å². The Hall–Kier alpha value is -0.650. The van der Waals surface area contributed by atoms with E-state index >= 15 is 0 Å². The molecule has 0 saturated heterocycles. The van der Waals surface area contributed by atoms with Gasteiger partial charge in [-0.3, -0.25) is 4.79 Å². The first-order chi connectivity index (χ1) is 15.0. The Kier molecular flexibility index (Phi) is 26.9. The minimum Gasteiger partial charge on any atom is -0.481 e. The first-order valence-corrected chi connectivity index (χ1v) is 13.1. The Balaban J connectivity index is 0. The van der Waals surface area contributed by atoms with Gasteiger partial charge < -0.3 is 20.4 Å². The predicted molar refractivity (Wildman–Crippen MR) is 130 cm³/mol. The summed E-state index contributed by atoms with van der Waals surface area (Å²) in [5.74, 6) is -0.652. The van der Waals surface area contributed by atoms with Crippen molar-refractivity contribution in [3.05, 3.63) is 0 Å². The minimum absolute atomic E-state index is 0.156. The lowest BCUT2D eigenvalue weighted by molar-refractivity contribution is -0.137. The molecule has 4 N–H and O–H groups in total. The molecule has 0 aromatic rings. The number of carboxylic acids is 1. The Morgan fingerprint density at radius 3 is 1.03 bits per heavy atom. The number of unbranched alkanes of at least 4 members (excludes halogenated alkanes) is 16. The third kappa shape index (κ3) is 23.8. The fourth-order valence-corrected chi connectivity index (χ4v) is 3.49. The standard InChI is InChI=1S/C20H40O2.C6H14O3/c1-2-3-4-5-6-7-8-9-10-11-12-13-14-15-16-17-18-19-20(21)22;1-2-6(3-7,4-8)5-9/h2-19H2,1H3,(H,21,22);7-9H,2-5H2,1H3. The topological polar surface area (TPSA) is 98.0 Å². The van der Waals surface area contributed by atoms with E-state index in [1.165, 1.54) is 96.3 Å². The van der Waals surface area contributed by atoms with Crippen molar-refractivity contribution in [2.75, 3.05) is 19.8 Å². The van der Waals surface area contributed by atoms with Crippen LogP contribution in [0.2, 0.25) is 0 Å². The molecule has 0 aliphatic heterocycles. The predicted octanol–water partition coefficient (Wildman–Crippen LogP) is 6.47. The van der Waals surface area contributed by atoms with Gasteiger partial charge >= 0.3 is 5.97 Å². The molecule has 31 heavy (non-hydrogen) atoms. The Bertz CT molecular complexity index is 338. The molecule has 0 aliphatic carbocycles. The first kappa shape index (κ1) is 32.5. The molecule has 0 aliphatic rings. The van der Waals surface area contributed by atoms with Gasteiger partial charge in [-0.2, -0.15) is 0 Å². The van der Waals surface area contributed by atoms with E-state index in [2.05, 4.69) is 6.92 Å². The van der Waals surface area contributed by atoms with Crippen molar-refractivity contribution in [3.8, 4) is 0 Å². The fraction of sp³-hybridized carbons (Fsp3) is 0.962. The average Bonchev–Trinajstić information content (AvgIpc) is 2.78. The summed E-state index contributed by atoms with van der Waals surface area (Å²) in [6.45, 7) is 3.63. The van der Waals surface area contributed by atoms with Gasteiger partial charge in [0.2, 0.25) is 0 Å². The summed E-state index contributed by atoms with van der Waals surface area (Å²) < 4.78 is 0. The van der Waals surface area contributed by atoms with Gasteiger partial charge in [0.15, 0.2) is 0 Å². The molecule has 5 nitrogen and oxygen atoms in total. The summed E-state index contributed by atoms with van der Waals surface area (Å²) in [4.78, 5) is 10.4. The van der Waals surface area contributed by atoms with Gasteiger partial charge in [-0.05, 0) is 12.8 Å². The summed E-state index contributed by atoms with van der Waals surface area (Å²) in [7, 11) is 0. The monoisotopic (exact) mass is 446 g/mol. The van der Waals surface area contributed by atoms with Crippen LogP contribution in [0.3, 0.4) is 0 Å². The normalized spacial score (nSPS) is 11.3. The van der Waals surface area contributed by atoms with Gasteiger partial charge in [-0.15, -0.1) is 0 Å². The Labute approximate surface area is 192 Å². The third-order valence-electron chi connectivity index (χ3n) is 6.25. The summed E-state index contributed by atoms with van der Waals surface area (Å²) in [6.07, 6.45) is 23.7. The molecule has 0 spiro atoms. The second-order valence-electron chi connectivity index (χ2n) is 9.13. The zero-order chi connectivity index (χ0) is 23.6. The molecule has 0 saturated carbocycles. The van der Waals surface area contributed by atoms with Crippen LogP contribution in [0.4, 0.5) is 0 Å². The number of carboxylic acid groups (broad SMARTS) is 1. The largest absolute Gasteiger partial charge is 0.481 e. The quantitative estimate of drug-likeness (QED) is 0.143. The highest BCUT2D eigenvalue weighted by molar-refractivity contribution is 5.66. The molecule has 0 fully saturated rings. The molecule has 0 radical (unpaired) electrons. The van der Waals surface area contributed by atoms with E-state index in [4.69, 9.17) is 20.4 Å². The van der Waals surface area contributed by atoms with E-state index in [-0.39, 0.29) is 19.8 Å². The Morgan fingerprint density at radius 2 is 0.839 bits per heavy atom. The van der Waals surface area contributed by atoms with Gasteiger partial charge in [0.1, 0.15) is 0 Å². The van der Waals surface area contributed by atoms with Crippen LogP contribution in [0.15, 0.2) is 0 Å². The molecule has 0 heterocycles. The van der Waals surface area contributed by atoms with Crippen molar-refractivity contribution < 1.29 is 25.2 Å². The van der Waals surface area contributed by atoms with Crippen LogP contribution in [-0.2, 0) is 4.79 Å². The van der Waals surface area contributed by atoms with Crippen LogP contribution in [0.1, 0.15) is 136 Å².